The number of nitrogens with one attached hydrogen (secondary N) is 1. The van der Waals surface area contributed by atoms with Gasteiger partial charge in [0, 0.05) is 27.5 Å². The first-order valence-corrected chi connectivity index (χ1v) is 8.92. The van der Waals surface area contributed by atoms with Crippen molar-refractivity contribution in [3.8, 4) is 0 Å². The van der Waals surface area contributed by atoms with Crippen LogP contribution in [-0.2, 0) is 6.42 Å². The summed E-state index contributed by atoms with van der Waals surface area (Å²) in [6.45, 7) is 0. The Hall–Kier alpha value is -1.59. The zero-order valence-electron chi connectivity index (χ0n) is 12.2. The lowest BCUT2D eigenvalue weighted by molar-refractivity contribution is 0.102. The van der Waals surface area contributed by atoms with Crippen LogP contribution in [0.2, 0.25) is 15.1 Å². The number of aromatic nitrogens is 1. The fourth-order valence-electron chi connectivity index (χ4n) is 2.13. The van der Waals surface area contributed by atoms with E-state index in [-0.39, 0.29) is 5.91 Å². The fourth-order valence-corrected chi connectivity index (χ4v) is 3.68. The molecule has 3 aromatic rings. The second-order valence-corrected chi connectivity index (χ2v) is 7.41. The van der Waals surface area contributed by atoms with E-state index in [1.807, 2.05) is 24.3 Å². The van der Waals surface area contributed by atoms with Gasteiger partial charge < -0.3 is 0 Å². The fraction of sp³-hybridized carbons (Fsp3) is 0.0588. The molecule has 0 aliphatic heterocycles. The number of benzene rings is 2. The lowest BCUT2D eigenvalue weighted by Crippen LogP contribution is -2.12. The minimum atomic E-state index is -0.319. The van der Waals surface area contributed by atoms with E-state index in [4.69, 9.17) is 34.8 Å². The first-order valence-electron chi connectivity index (χ1n) is 6.97. The van der Waals surface area contributed by atoms with Crippen molar-refractivity contribution in [1.29, 1.82) is 0 Å². The number of nitrogens with zero attached hydrogens (tertiary/aromatic N) is 1. The van der Waals surface area contributed by atoms with Crippen molar-refractivity contribution in [2.24, 2.45) is 0 Å². The molecule has 0 aliphatic rings. The highest BCUT2D eigenvalue weighted by Crippen LogP contribution is 2.25. The van der Waals surface area contributed by atoms with Crippen LogP contribution in [0.25, 0.3) is 0 Å². The molecule has 1 aromatic heterocycles. The summed E-state index contributed by atoms with van der Waals surface area (Å²) in [6, 6.07) is 12.4. The smallest absolute Gasteiger partial charge is 0.258 e. The molecule has 0 saturated heterocycles. The van der Waals surface area contributed by atoms with Crippen LogP contribution >= 0.6 is 46.1 Å². The summed E-state index contributed by atoms with van der Waals surface area (Å²) >= 11 is 19.3. The van der Waals surface area contributed by atoms with E-state index >= 15 is 0 Å². The highest BCUT2D eigenvalue weighted by molar-refractivity contribution is 7.15. The Morgan fingerprint density at radius 3 is 2.62 bits per heavy atom. The van der Waals surface area contributed by atoms with Crippen LogP contribution in [0.4, 0.5) is 5.13 Å². The van der Waals surface area contributed by atoms with Crippen molar-refractivity contribution < 1.29 is 4.79 Å². The third-order valence-electron chi connectivity index (χ3n) is 3.22. The van der Waals surface area contributed by atoms with Crippen molar-refractivity contribution in [3.63, 3.8) is 0 Å². The number of rotatable bonds is 4. The molecular formula is C17H11Cl3N2OS. The van der Waals surface area contributed by atoms with Crippen LogP contribution < -0.4 is 5.32 Å². The molecule has 0 spiro atoms. The highest BCUT2D eigenvalue weighted by atomic mass is 35.5. The maximum atomic E-state index is 12.3. The van der Waals surface area contributed by atoms with Crippen LogP contribution in [0.15, 0.2) is 48.7 Å². The minimum absolute atomic E-state index is 0.302. The zero-order valence-corrected chi connectivity index (χ0v) is 15.3. The van der Waals surface area contributed by atoms with Crippen molar-refractivity contribution in [1.82, 2.24) is 4.98 Å². The van der Waals surface area contributed by atoms with Crippen molar-refractivity contribution in [3.05, 3.63) is 79.7 Å². The third kappa shape index (κ3) is 4.28. The van der Waals surface area contributed by atoms with Gasteiger partial charge in [0.1, 0.15) is 0 Å². The quantitative estimate of drug-likeness (QED) is 0.591. The summed E-state index contributed by atoms with van der Waals surface area (Å²) in [5.41, 5.74) is 1.44. The maximum Gasteiger partial charge on any atom is 0.258 e. The molecule has 2 aromatic carbocycles. The van der Waals surface area contributed by atoms with Gasteiger partial charge in [0.05, 0.1) is 10.6 Å². The number of amides is 1. The molecule has 24 heavy (non-hydrogen) atoms. The van der Waals surface area contributed by atoms with Gasteiger partial charge in [-0.25, -0.2) is 4.98 Å². The molecule has 0 unspecified atom stereocenters. The Morgan fingerprint density at radius 2 is 1.88 bits per heavy atom. The number of thiazole rings is 1. The second-order valence-electron chi connectivity index (χ2n) is 5.02. The summed E-state index contributed by atoms with van der Waals surface area (Å²) in [5, 5.41) is 4.75. The molecule has 1 N–H and O–H groups in total. The second kappa shape index (κ2) is 7.53. The maximum absolute atomic E-state index is 12.3. The SMILES string of the molecule is O=C(Nc1ncc(Cc2cccc(Cl)c2)s1)c1ccc(Cl)cc1Cl. The Morgan fingerprint density at radius 1 is 1.08 bits per heavy atom. The van der Waals surface area contributed by atoms with Crippen LogP contribution in [0.1, 0.15) is 20.8 Å². The average Bonchev–Trinajstić information content (AvgIpc) is 2.94. The number of halogens is 3. The molecule has 7 heteroatoms. The standard InChI is InChI=1S/C17H11Cl3N2OS/c18-11-3-1-2-10(6-11)7-13-9-21-17(24-13)22-16(23)14-5-4-12(19)8-15(14)20/h1-6,8-9H,7H2,(H,21,22,23). The van der Waals surface area contributed by atoms with Gasteiger partial charge in [0.15, 0.2) is 5.13 Å². The van der Waals surface area contributed by atoms with E-state index < -0.39 is 0 Å². The van der Waals surface area contributed by atoms with E-state index in [2.05, 4.69) is 10.3 Å². The van der Waals surface area contributed by atoms with Gasteiger partial charge in [-0.05, 0) is 35.9 Å². The van der Waals surface area contributed by atoms with Gasteiger partial charge in [0.25, 0.3) is 5.91 Å². The van der Waals surface area contributed by atoms with Gasteiger partial charge >= 0.3 is 0 Å². The number of anilines is 1. The first-order chi connectivity index (χ1) is 11.5. The summed E-state index contributed by atoms with van der Waals surface area (Å²) < 4.78 is 0. The van der Waals surface area contributed by atoms with Crippen molar-refractivity contribution in [2.45, 2.75) is 6.42 Å². The molecule has 0 radical (unpaired) electrons. The highest BCUT2D eigenvalue weighted by Gasteiger charge is 2.13. The molecule has 0 atom stereocenters. The third-order valence-corrected chi connectivity index (χ3v) is 4.91. The monoisotopic (exact) mass is 396 g/mol. The molecule has 3 nitrogen and oxygen atoms in total. The van der Waals surface area contributed by atoms with E-state index in [0.717, 1.165) is 10.4 Å². The normalized spacial score (nSPS) is 10.6. The topological polar surface area (TPSA) is 42.0 Å². The van der Waals surface area contributed by atoms with Crippen LogP contribution in [0, 0.1) is 0 Å². The number of carbonyl (C=O) groups is 1. The zero-order chi connectivity index (χ0) is 17.1. The number of hydrogen-bond donors (Lipinski definition) is 1. The summed E-state index contributed by atoms with van der Waals surface area (Å²) in [6.07, 6.45) is 2.44. The lowest BCUT2D eigenvalue weighted by Gasteiger charge is -2.04. The predicted molar refractivity (Wildman–Crippen MR) is 101 cm³/mol. The summed E-state index contributed by atoms with van der Waals surface area (Å²) in [5.74, 6) is -0.319. The molecule has 0 aliphatic carbocycles. The first kappa shape index (κ1) is 17.2. The van der Waals surface area contributed by atoms with Crippen LogP contribution in [0.5, 0.6) is 0 Å². The summed E-state index contributed by atoms with van der Waals surface area (Å²) in [4.78, 5) is 17.5. The van der Waals surface area contributed by atoms with Crippen molar-refractivity contribution >= 4 is 57.2 Å². The van der Waals surface area contributed by atoms with Gasteiger partial charge in [-0.3, -0.25) is 10.1 Å². The van der Waals surface area contributed by atoms with Gasteiger partial charge in [-0.2, -0.15) is 0 Å². The largest absolute Gasteiger partial charge is 0.298 e. The van der Waals surface area contributed by atoms with Crippen LogP contribution in [-0.4, -0.2) is 10.9 Å². The molecule has 122 valence electrons. The minimum Gasteiger partial charge on any atom is -0.298 e. The van der Waals surface area contributed by atoms with Crippen LogP contribution in [0.3, 0.4) is 0 Å². The Balaban J connectivity index is 1.70. The van der Waals surface area contributed by atoms with E-state index in [9.17, 15) is 4.79 Å². The number of hydrogen-bond acceptors (Lipinski definition) is 3. The lowest BCUT2D eigenvalue weighted by atomic mass is 10.1. The summed E-state index contributed by atoms with van der Waals surface area (Å²) in [7, 11) is 0. The Bertz CT molecular complexity index is 895. The van der Waals surface area contributed by atoms with Crippen molar-refractivity contribution in [2.75, 3.05) is 5.32 Å². The molecule has 1 heterocycles. The van der Waals surface area contributed by atoms with Gasteiger partial charge in [-0.15, -0.1) is 11.3 Å². The van der Waals surface area contributed by atoms with Gasteiger partial charge in [-0.1, -0.05) is 46.9 Å². The predicted octanol–water partition coefficient (Wildman–Crippen LogP) is 5.95. The van der Waals surface area contributed by atoms with E-state index in [1.54, 1.807) is 18.3 Å². The average molecular weight is 398 g/mol. The van der Waals surface area contributed by atoms with Gasteiger partial charge in [0.2, 0.25) is 0 Å². The van der Waals surface area contributed by atoms with E-state index in [0.29, 0.717) is 32.2 Å². The molecule has 3 rings (SSSR count). The molecule has 0 saturated carbocycles. The molecular weight excluding hydrogens is 387 g/mol. The number of carbonyl (C=O) groups excluding carboxylic acids is 1. The molecule has 0 bridgehead atoms. The molecule has 0 fully saturated rings. The van der Waals surface area contributed by atoms with E-state index in [1.165, 1.54) is 17.4 Å². The molecule has 1 amide bonds. The Labute approximate surface area is 158 Å². The Kier molecular flexibility index (Phi) is 5.41.